The maximum Gasteiger partial charge on any atom is 0.222 e. The van der Waals surface area contributed by atoms with Crippen LogP contribution in [0.5, 0.6) is 0 Å². The number of carbonyl (C=O) groups is 1. The lowest BCUT2D eigenvalue weighted by Crippen LogP contribution is -2.36. The predicted molar refractivity (Wildman–Crippen MR) is 88.4 cm³/mol. The van der Waals surface area contributed by atoms with Crippen molar-refractivity contribution in [2.45, 2.75) is 70.8 Å². The van der Waals surface area contributed by atoms with Crippen molar-refractivity contribution in [3.05, 3.63) is 35.4 Å². The van der Waals surface area contributed by atoms with Crippen LogP contribution in [0.2, 0.25) is 0 Å². The van der Waals surface area contributed by atoms with E-state index < -0.39 is 0 Å². The molecule has 2 rings (SSSR count). The second-order valence-electron chi connectivity index (χ2n) is 6.32. The van der Waals surface area contributed by atoms with Crippen LogP contribution in [0, 0.1) is 0 Å². The Morgan fingerprint density at radius 2 is 1.62 bits per heavy atom. The topological polar surface area (TPSA) is 20.3 Å². The molecule has 0 aromatic heterocycles. The van der Waals surface area contributed by atoms with Crippen LogP contribution in [0.15, 0.2) is 24.3 Å². The number of hydrogen-bond donors (Lipinski definition) is 0. The van der Waals surface area contributed by atoms with Gasteiger partial charge in [-0.15, -0.1) is 0 Å². The molecule has 0 saturated heterocycles. The minimum atomic E-state index is 0.307. The highest BCUT2D eigenvalue weighted by Crippen LogP contribution is 2.21. The molecular weight excluding hydrogens is 258 g/mol. The summed E-state index contributed by atoms with van der Waals surface area (Å²) in [6.45, 7) is 2.17. The van der Waals surface area contributed by atoms with Crippen LogP contribution >= 0.6 is 0 Å². The lowest BCUT2D eigenvalue weighted by Gasteiger charge is -2.27. The van der Waals surface area contributed by atoms with Crippen molar-refractivity contribution >= 4 is 5.91 Å². The normalized spacial score (nSPS) is 16.5. The molecule has 0 unspecified atom stereocenters. The van der Waals surface area contributed by atoms with E-state index in [-0.39, 0.29) is 0 Å². The number of aryl methyl sites for hydroxylation is 2. The first-order chi connectivity index (χ1) is 10.2. The van der Waals surface area contributed by atoms with Gasteiger partial charge in [-0.2, -0.15) is 0 Å². The number of rotatable bonds is 5. The Morgan fingerprint density at radius 1 is 1.05 bits per heavy atom. The number of carbonyl (C=O) groups excluding carboxylic acids is 1. The maximum absolute atomic E-state index is 12.4. The Balaban J connectivity index is 1.82. The molecule has 2 heteroatoms. The summed E-state index contributed by atoms with van der Waals surface area (Å²) in [6.07, 6.45) is 10.2. The van der Waals surface area contributed by atoms with Gasteiger partial charge in [0.15, 0.2) is 0 Å². The second kappa shape index (κ2) is 8.21. The van der Waals surface area contributed by atoms with Crippen LogP contribution in [0.4, 0.5) is 0 Å². The van der Waals surface area contributed by atoms with E-state index in [4.69, 9.17) is 0 Å². The van der Waals surface area contributed by atoms with Crippen LogP contribution in [0.1, 0.15) is 63.0 Å². The third-order valence-corrected chi connectivity index (χ3v) is 4.82. The van der Waals surface area contributed by atoms with Crippen LogP contribution in [0.25, 0.3) is 0 Å². The zero-order chi connectivity index (χ0) is 15.1. The molecule has 0 atom stereocenters. The quantitative estimate of drug-likeness (QED) is 0.737. The van der Waals surface area contributed by atoms with Gasteiger partial charge in [-0.1, -0.05) is 56.9 Å². The summed E-state index contributed by atoms with van der Waals surface area (Å²) in [5.41, 5.74) is 2.63. The average molecular weight is 287 g/mol. The number of nitrogens with zero attached hydrogens (tertiary/aromatic N) is 1. The maximum atomic E-state index is 12.4. The zero-order valence-electron chi connectivity index (χ0n) is 13.6. The lowest BCUT2D eigenvalue weighted by molar-refractivity contribution is -0.132. The smallest absolute Gasteiger partial charge is 0.222 e. The molecule has 1 aliphatic rings. The summed E-state index contributed by atoms with van der Waals surface area (Å²) in [5.74, 6) is 0.307. The summed E-state index contributed by atoms with van der Waals surface area (Å²) in [4.78, 5) is 14.4. The molecule has 0 bridgehead atoms. The van der Waals surface area contributed by atoms with Crippen molar-refractivity contribution < 1.29 is 4.79 Å². The van der Waals surface area contributed by atoms with Gasteiger partial charge in [0.25, 0.3) is 0 Å². The molecule has 0 N–H and O–H groups in total. The molecule has 1 saturated carbocycles. The lowest BCUT2D eigenvalue weighted by atomic mass is 10.0. The Bertz CT molecular complexity index is 429. The Hall–Kier alpha value is -1.31. The van der Waals surface area contributed by atoms with Crippen molar-refractivity contribution in [1.82, 2.24) is 4.90 Å². The van der Waals surface area contributed by atoms with Gasteiger partial charge >= 0.3 is 0 Å². The molecule has 0 radical (unpaired) electrons. The number of amides is 1. The average Bonchev–Trinajstić information content (AvgIpc) is 2.81. The van der Waals surface area contributed by atoms with E-state index >= 15 is 0 Å². The molecule has 2 nitrogen and oxygen atoms in total. The molecule has 21 heavy (non-hydrogen) atoms. The summed E-state index contributed by atoms with van der Waals surface area (Å²) in [5, 5.41) is 0. The van der Waals surface area contributed by atoms with Gasteiger partial charge in [-0.05, 0) is 36.8 Å². The minimum absolute atomic E-state index is 0.307. The van der Waals surface area contributed by atoms with Crippen molar-refractivity contribution in [3.63, 3.8) is 0 Å². The van der Waals surface area contributed by atoms with Crippen LogP contribution < -0.4 is 0 Å². The van der Waals surface area contributed by atoms with Crippen LogP contribution in [-0.2, 0) is 17.6 Å². The Morgan fingerprint density at radius 3 is 2.19 bits per heavy atom. The van der Waals surface area contributed by atoms with E-state index in [1.165, 1.54) is 49.7 Å². The molecule has 1 aliphatic carbocycles. The van der Waals surface area contributed by atoms with Crippen molar-refractivity contribution in [2.24, 2.45) is 0 Å². The predicted octanol–water partition coefficient (Wildman–Crippen LogP) is 4.36. The molecule has 1 amide bonds. The first kappa shape index (κ1) is 16.1. The van der Waals surface area contributed by atoms with E-state index in [0.717, 1.165) is 12.8 Å². The van der Waals surface area contributed by atoms with Crippen molar-refractivity contribution in [1.29, 1.82) is 0 Å². The highest BCUT2D eigenvalue weighted by Gasteiger charge is 2.20. The third-order valence-electron chi connectivity index (χ3n) is 4.82. The summed E-state index contributed by atoms with van der Waals surface area (Å²) in [7, 11) is 2.00. The van der Waals surface area contributed by atoms with E-state index in [1.807, 2.05) is 11.9 Å². The van der Waals surface area contributed by atoms with E-state index in [2.05, 4.69) is 31.2 Å². The molecule has 0 spiro atoms. The van der Waals surface area contributed by atoms with E-state index in [1.54, 1.807) is 0 Å². The van der Waals surface area contributed by atoms with E-state index in [9.17, 15) is 4.79 Å². The van der Waals surface area contributed by atoms with Gasteiger partial charge in [-0.25, -0.2) is 0 Å². The Kier molecular flexibility index (Phi) is 6.28. The molecule has 0 heterocycles. The van der Waals surface area contributed by atoms with Gasteiger partial charge in [0.1, 0.15) is 0 Å². The number of benzene rings is 1. The first-order valence-electron chi connectivity index (χ1n) is 8.54. The first-order valence-corrected chi connectivity index (χ1v) is 8.54. The summed E-state index contributed by atoms with van der Waals surface area (Å²) >= 11 is 0. The van der Waals surface area contributed by atoms with Crippen LogP contribution in [0.3, 0.4) is 0 Å². The van der Waals surface area contributed by atoms with Gasteiger partial charge in [-0.3, -0.25) is 4.79 Å². The molecular formula is C19H29NO. The highest BCUT2D eigenvalue weighted by atomic mass is 16.2. The van der Waals surface area contributed by atoms with Crippen molar-refractivity contribution in [2.75, 3.05) is 7.05 Å². The second-order valence-corrected chi connectivity index (χ2v) is 6.32. The fourth-order valence-corrected chi connectivity index (χ4v) is 3.22. The molecule has 0 aliphatic heterocycles. The Labute approximate surface area is 129 Å². The van der Waals surface area contributed by atoms with Crippen molar-refractivity contribution in [3.8, 4) is 0 Å². The van der Waals surface area contributed by atoms with Gasteiger partial charge in [0.2, 0.25) is 5.91 Å². The summed E-state index contributed by atoms with van der Waals surface area (Å²) < 4.78 is 0. The van der Waals surface area contributed by atoms with E-state index in [0.29, 0.717) is 18.4 Å². The zero-order valence-corrected chi connectivity index (χ0v) is 13.6. The number of hydrogen-bond acceptors (Lipinski definition) is 1. The van der Waals surface area contributed by atoms with Gasteiger partial charge in [0, 0.05) is 19.5 Å². The molecule has 1 aromatic rings. The van der Waals surface area contributed by atoms with Gasteiger partial charge in [0.05, 0.1) is 0 Å². The third kappa shape index (κ3) is 4.87. The SMILES string of the molecule is CCc1ccc(CCC(=O)N(C)C2CCCCCC2)cc1. The minimum Gasteiger partial charge on any atom is -0.343 e. The van der Waals surface area contributed by atoms with Crippen LogP contribution in [-0.4, -0.2) is 23.9 Å². The molecule has 116 valence electrons. The standard InChI is InChI=1S/C19H29NO/c1-3-16-10-12-17(13-11-16)14-15-19(21)20(2)18-8-6-4-5-7-9-18/h10-13,18H,3-9,14-15H2,1-2H3. The fraction of sp³-hybridized carbons (Fsp3) is 0.632. The summed E-state index contributed by atoms with van der Waals surface area (Å²) in [6, 6.07) is 9.15. The highest BCUT2D eigenvalue weighted by molar-refractivity contribution is 5.76. The largest absolute Gasteiger partial charge is 0.343 e. The molecule has 1 fully saturated rings. The molecule has 1 aromatic carbocycles. The monoisotopic (exact) mass is 287 g/mol. The van der Waals surface area contributed by atoms with Gasteiger partial charge < -0.3 is 4.90 Å². The fourth-order valence-electron chi connectivity index (χ4n) is 3.22.